The summed E-state index contributed by atoms with van der Waals surface area (Å²) in [6, 6.07) is 19.4. The van der Waals surface area contributed by atoms with Crippen LogP contribution in [0.3, 0.4) is 0 Å². The largest absolute Gasteiger partial charge is 0.316 e. The number of nitrogens with zero attached hydrogens (tertiary/aromatic N) is 1. The highest BCUT2D eigenvalue weighted by Crippen LogP contribution is 2.50. The van der Waals surface area contributed by atoms with Gasteiger partial charge in [-0.3, -0.25) is 0 Å². The Kier molecular flexibility index (Phi) is 5.68. The first-order chi connectivity index (χ1) is 12.3. The van der Waals surface area contributed by atoms with E-state index in [1.54, 1.807) is 0 Å². The molecule has 0 fully saturated rings. The van der Waals surface area contributed by atoms with Gasteiger partial charge < -0.3 is 5.32 Å². The van der Waals surface area contributed by atoms with Crippen LogP contribution < -0.4 is 5.32 Å². The summed E-state index contributed by atoms with van der Waals surface area (Å²) in [7, 11) is 0. The number of nitriles is 1. The van der Waals surface area contributed by atoms with E-state index in [4.69, 9.17) is 0 Å². The van der Waals surface area contributed by atoms with Gasteiger partial charge >= 0.3 is 0 Å². The normalized spacial score (nSPS) is 14.2. The molecule has 1 N–H and O–H groups in total. The van der Waals surface area contributed by atoms with Crippen molar-refractivity contribution in [3.63, 3.8) is 0 Å². The van der Waals surface area contributed by atoms with Gasteiger partial charge in [-0.05, 0) is 61.0 Å². The topological polar surface area (TPSA) is 35.8 Å². The Morgan fingerprint density at radius 2 is 1.60 bits per heavy atom. The molecule has 0 bridgehead atoms. The van der Waals surface area contributed by atoms with Crippen molar-refractivity contribution in [2.45, 2.75) is 38.0 Å². The van der Waals surface area contributed by atoms with E-state index in [1.165, 1.54) is 22.3 Å². The number of nitrogens with one attached hydrogen (secondary N) is 1. The smallest absolute Gasteiger partial charge is 0.108 e. The third-order valence-electron chi connectivity index (χ3n) is 5.05. The highest BCUT2D eigenvalue weighted by molar-refractivity contribution is 5.82. The molecule has 2 aromatic rings. The summed E-state index contributed by atoms with van der Waals surface area (Å²) in [6.07, 6.45) is 8.46. The lowest BCUT2D eigenvalue weighted by Crippen LogP contribution is -2.25. The van der Waals surface area contributed by atoms with Gasteiger partial charge in [-0.2, -0.15) is 5.26 Å². The molecule has 0 aliphatic heterocycles. The van der Waals surface area contributed by atoms with Crippen LogP contribution in [0.2, 0.25) is 0 Å². The van der Waals surface area contributed by atoms with Crippen molar-refractivity contribution >= 4 is 0 Å². The van der Waals surface area contributed by atoms with Crippen molar-refractivity contribution < 1.29 is 0 Å². The van der Waals surface area contributed by atoms with Gasteiger partial charge in [-0.1, -0.05) is 67.6 Å². The highest BCUT2D eigenvalue weighted by Gasteiger charge is 2.42. The molecule has 0 spiro atoms. The maximum atomic E-state index is 10.1. The first-order valence-corrected chi connectivity index (χ1v) is 9.30. The van der Waals surface area contributed by atoms with Crippen LogP contribution in [0.1, 0.15) is 43.7 Å². The summed E-state index contributed by atoms with van der Waals surface area (Å²) in [6.45, 7) is 4.11. The summed E-state index contributed by atoms with van der Waals surface area (Å²) in [4.78, 5) is 0. The third kappa shape index (κ3) is 3.38. The van der Waals surface area contributed by atoms with E-state index in [0.717, 1.165) is 38.8 Å². The molecule has 0 atom stereocenters. The summed E-state index contributed by atoms with van der Waals surface area (Å²) in [5.74, 6) is 0. The number of hydrogen-bond donors (Lipinski definition) is 1. The van der Waals surface area contributed by atoms with E-state index in [9.17, 15) is 5.26 Å². The monoisotopic (exact) mass is 330 g/mol. The molecular formula is C23H26N2. The zero-order valence-electron chi connectivity index (χ0n) is 15.0. The lowest BCUT2D eigenvalue weighted by atomic mass is 9.76. The fraction of sp³-hybridized carbons (Fsp3) is 0.348. The Morgan fingerprint density at radius 3 is 2.20 bits per heavy atom. The Morgan fingerprint density at radius 1 is 0.960 bits per heavy atom. The SMILES string of the molecule is CC/C=C/CCNCCCC1(C#N)c2ccccc2-c2ccccc21. The molecular weight excluding hydrogens is 304 g/mol. The molecule has 128 valence electrons. The molecule has 2 nitrogen and oxygen atoms in total. The molecule has 0 saturated heterocycles. The third-order valence-corrected chi connectivity index (χ3v) is 5.05. The van der Waals surface area contributed by atoms with E-state index in [0.29, 0.717) is 0 Å². The minimum atomic E-state index is -0.503. The van der Waals surface area contributed by atoms with Gasteiger partial charge in [0, 0.05) is 0 Å². The molecule has 2 heteroatoms. The average Bonchev–Trinajstić information content (AvgIpc) is 2.95. The zero-order chi connectivity index (χ0) is 17.5. The van der Waals surface area contributed by atoms with Crippen LogP contribution in [0.25, 0.3) is 11.1 Å². The lowest BCUT2D eigenvalue weighted by Gasteiger charge is -2.24. The van der Waals surface area contributed by atoms with Gasteiger partial charge in [-0.25, -0.2) is 0 Å². The lowest BCUT2D eigenvalue weighted by molar-refractivity contribution is 0.542. The van der Waals surface area contributed by atoms with Crippen molar-refractivity contribution in [2.75, 3.05) is 13.1 Å². The van der Waals surface area contributed by atoms with Crippen molar-refractivity contribution in [1.82, 2.24) is 5.32 Å². The van der Waals surface area contributed by atoms with Crippen molar-refractivity contribution in [2.24, 2.45) is 0 Å². The number of fused-ring (bicyclic) bond motifs is 3. The minimum absolute atomic E-state index is 0.503. The highest BCUT2D eigenvalue weighted by atomic mass is 14.8. The molecule has 0 saturated carbocycles. The number of rotatable bonds is 8. The quantitative estimate of drug-likeness (QED) is 0.533. The van der Waals surface area contributed by atoms with Gasteiger partial charge in [0.2, 0.25) is 0 Å². The maximum Gasteiger partial charge on any atom is 0.108 e. The summed E-state index contributed by atoms with van der Waals surface area (Å²) in [5, 5.41) is 13.6. The average molecular weight is 330 g/mol. The van der Waals surface area contributed by atoms with E-state index in [2.05, 4.69) is 79.0 Å². The number of hydrogen-bond acceptors (Lipinski definition) is 2. The summed E-state index contributed by atoms with van der Waals surface area (Å²) >= 11 is 0. The second-order valence-electron chi connectivity index (χ2n) is 6.63. The van der Waals surface area contributed by atoms with E-state index in [-0.39, 0.29) is 0 Å². The van der Waals surface area contributed by atoms with E-state index in [1.807, 2.05) is 0 Å². The fourth-order valence-electron chi connectivity index (χ4n) is 3.84. The fourth-order valence-corrected chi connectivity index (χ4v) is 3.84. The Bertz CT molecular complexity index is 737. The molecule has 0 unspecified atom stereocenters. The van der Waals surface area contributed by atoms with Gasteiger partial charge in [0.05, 0.1) is 6.07 Å². The van der Waals surface area contributed by atoms with Gasteiger partial charge in [-0.15, -0.1) is 0 Å². The molecule has 25 heavy (non-hydrogen) atoms. The molecule has 0 aromatic heterocycles. The van der Waals surface area contributed by atoms with Crippen LogP contribution >= 0.6 is 0 Å². The van der Waals surface area contributed by atoms with E-state index >= 15 is 0 Å². The summed E-state index contributed by atoms with van der Waals surface area (Å²) < 4.78 is 0. The van der Waals surface area contributed by atoms with Crippen LogP contribution in [0.15, 0.2) is 60.7 Å². The van der Waals surface area contributed by atoms with Crippen LogP contribution in [0.5, 0.6) is 0 Å². The predicted octanol–water partition coefficient (Wildman–Crippen LogP) is 5.20. The number of allylic oxidation sites excluding steroid dienone is 1. The summed E-state index contributed by atoms with van der Waals surface area (Å²) in [5.41, 5.74) is 4.28. The van der Waals surface area contributed by atoms with E-state index < -0.39 is 5.41 Å². The second-order valence-corrected chi connectivity index (χ2v) is 6.63. The predicted molar refractivity (Wildman–Crippen MR) is 104 cm³/mol. The number of benzene rings is 2. The van der Waals surface area contributed by atoms with Crippen LogP contribution in [-0.4, -0.2) is 13.1 Å². The second kappa shape index (κ2) is 8.14. The molecule has 1 aliphatic carbocycles. The van der Waals surface area contributed by atoms with Gasteiger partial charge in [0.1, 0.15) is 5.41 Å². The molecule has 2 aromatic carbocycles. The molecule has 1 aliphatic rings. The zero-order valence-corrected chi connectivity index (χ0v) is 15.0. The van der Waals surface area contributed by atoms with Crippen LogP contribution in [0.4, 0.5) is 0 Å². The van der Waals surface area contributed by atoms with Crippen molar-refractivity contribution in [3.05, 3.63) is 71.8 Å². The van der Waals surface area contributed by atoms with Crippen molar-refractivity contribution in [3.8, 4) is 17.2 Å². The van der Waals surface area contributed by atoms with Crippen LogP contribution in [0, 0.1) is 11.3 Å². The van der Waals surface area contributed by atoms with Crippen LogP contribution in [-0.2, 0) is 5.41 Å². The molecule has 3 rings (SSSR count). The Balaban J connectivity index is 1.71. The first kappa shape index (κ1) is 17.5. The first-order valence-electron chi connectivity index (χ1n) is 9.30. The molecule has 0 amide bonds. The molecule has 0 heterocycles. The minimum Gasteiger partial charge on any atom is -0.316 e. The Hall–Kier alpha value is -2.37. The maximum absolute atomic E-state index is 10.1. The Labute approximate surface area is 151 Å². The standard InChI is InChI=1S/C23H26N2/c1-2-3-4-9-16-25-17-10-15-23(18-24)21-13-7-5-11-19(21)20-12-6-8-14-22(20)23/h3-8,11-14,25H,2,9-10,15-17H2,1H3/b4-3+. The van der Waals surface area contributed by atoms with Gasteiger partial charge in [0.25, 0.3) is 0 Å². The van der Waals surface area contributed by atoms with Crippen molar-refractivity contribution in [1.29, 1.82) is 5.26 Å². The van der Waals surface area contributed by atoms with Gasteiger partial charge in [0.15, 0.2) is 0 Å². The molecule has 0 radical (unpaired) electrons.